The van der Waals surface area contributed by atoms with Gasteiger partial charge in [0.15, 0.2) is 0 Å². The number of carbonyl (C=O) groups is 1. The molecule has 0 saturated carbocycles. The molecular formula is C22H28N2O4. The molecule has 0 aromatic heterocycles. The molecule has 1 amide bonds. The first-order valence-electron chi connectivity index (χ1n) is 9.64. The summed E-state index contributed by atoms with van der Waals surface area (Å²) >= 11 is 0. The van der Waals surface area contributed by atoms with Gasteiger partial charge in [0, 0.05) is 17.7 Å². The maximum Gasteiger partial charge on any atom is 0.238 e. The minimum absolute atomic E-state index is 0.0495. The number of carbonyl (C=O) groups excluding carboxylic acids is 1. The van der Waals surface area contributed by atoms with Crippen molar-refractivity contribution in [3.8, 4) is 17.2 Å². The van der Waals surface area contributed by atoms with Crippen molar-refractivity contribution in [3.05, 3.63) is 48.0 Å². The monoisotopic (exact) mass is 384 g/mol. The van der Waals surface area contributed by atoms with Crippen molar-refractivity contribution in [1.82, 2.24) is 4.90 Å². The molecule has 2 aromatic carbocycles. The lowest BCUT2D eigenvalue weighted by atomic mass is 10.0. The van der Waals surface area contributed by atoms with E-state index in [0.717, 1.165) is 36.4 Å². The number of benzene rings is 2. The SMILES string of the molecule is CCOc1ccccc1NC(=O)CN1CCCC1c1ccc(OC)cc1OC. The molecule has 1 saturated heterocycles. The van der Waals surface area contributed by atoms with E-state index < -0.39 is 0 Å². The third-order valence-corrected chi connectivity index (χ3v) is 4.97. The number of hydrogen-bond donors (Lipinski definition) is 1. The number of rotatable bonds is 8. The van der Waals surface area contributed by atoms with Gasteiger partial charge in [-0.3, -0.25) is 9.69 Å². The molecule has 1 aliphatic heterocycles. The topological polar surface area (TPSA) is 60.0 Å². The Hall–Kier alpha value is -2.73. The van der Waals surface area contributed by atoms with E-state index in [1.807, 2.05) is 49.4 Å². The molecule has 1 atom stereocenters. The third kappa shape index (κ3) is 4.57. The van der Waals surface area contributed by atoms with Crippen LogP contribution in [0.4, 0.5) is 5.69 Å². The van der Waals surface area contributed by atoms with Gasteiger partial charge in [0.2, 0.25) is 5.91 Å². The van der Waals surface area contributed by atoms with Crippen LogP contribution in [0.3, 0.4) is 0 Å². The summed E-state index contributed by atoms with van der Waals surface area (Å²) in [4.78, 5) is 14.9. The summed E-state index contributed by atoms with van der Waals surface area (Å²) in [6, 6.07) is 13.5. The number of nitrogens with zero attached hydrogens (tertiary/aromatic N) is 1. The quantitative estimate of drug-likeness (QED) is 0.748. The first-order chi connectivity index (χ1) is 13.7. The molecule has 2 aromatic rings. The van der Waals surface area contributed by atoms with Gasteiger partial charge in [0.1, 0.15) is 17.2 Å². The summed E-state index contributed by atoms with van der Waals surface area (Å²) in [6.07, 6.45) is 2.04. The van der Waals surface area contributed by atoms with E-state index in [0.29, 0.717) is 24.6 Å². The average Bonchev–Trinajstić information content (AvgIpc) is 3.16. The summed E-state index contributed by atoms with van der Waals surface area (Å²) in [5.41, 5.74) is 1.79. The van der Waals surface area contributed by atoms with Gasteiger partial charge in [0.05, 0.1) is 33.1 Å². The van der Waals surface area contributed by atoms with Crippen LogP contribution in [0, 0.1) is 0 Å². The lowest BCUT2D eigenvalue weighted by molar-refractivity contribution is -0.117. The summed E-state index contributed by atoms with van der Waals surface area (Å²) in [7, 11) is 3.30. The lowest BCUT2D eigenvalue weighted by Crippen LogP contribution is -2.33. The van der Waals surface area contributed by atoms with Gasteiger partial charge < -0.3 is 19.5 Å². The van der Waals surface area contributed by atoms with Crippen molar-refractivity contribution in [2.45, 2.75) is 25.8 Å². The molecule has 1 N–H and O–H groups in total. The molecule has 150 valence electrons. The van der Waals surface area contributed by atoms with E-state index in [1.54, 1.807) is 14.2 Å². The summed E-state index contributed by atoms with van der Waals surface area (Å²) in [5, 5.41) is 2.98. The van der Waals surface area contributed by atoms with Crippen molar-refractivity contribution in [3.63, 3.8) is 0 Å². The van der Waals surface area contributed by atoms with E-state index in [1.165, 1.54) is 0 Å². The number of amides is 1. The zero-order valence-corrected chi connectivity index (χ0v) is 16.7. The molecule has 3 rings (SSSR count). The standard InChI is InChI=1S/C22H28N2O4/c1-4-28-20-10-6-5-8-18(20)23-22(25)15-24-13-7-9-19(24)17-12-11-16(26-2)14-21(17)27-3/h5-6,8,10-12,14,19H,4,7,9,13,15H2,1-3H3,(H,23,25). The largest absolute Gasteiger partial charge is 0.497 e. The highest BCUT2D eigenvalue weighted by Crippen LogP contribution is 2.38. The minimum atomic E-state index is -0.0495. The van der Waals surface area contributed by atoms with Gasteiger partial charge in [-0.1, -0.05) is 18.2 Å². The zero-order valence-electron chi connectivity index (χ0n) is 16.7. The number of ether oxygens (including phenoxy) is 3. The van der Waals surface area contributed by atoms with Crippen LogP contribution in [-0.2, 0) is 4.79 Å². The number of nitrogens with one attached hydrogen (secondary N) is 1. The molecule has 1 unspecified atom stereocenters. The van der Waals surface area contributed by atoms with Crippen LogP contribution in [0.25, 0.3) is 0 Å². The van der Waals surface area contributed by atoms with Crippen LogP contribution < -0.4 is 19.5 Å². The van der Waals surface area contributed by atoms with Gasteiger partial charge in [-0.2, -0.15) is 0 Å². The Balaban J connectivity index is 1.71. The number of methoxy groups -OCH3 is 2. The van der Waals surface area contributed by atoms with E-state index in [4.69, 9.17) is 14.2 Å². The number of para-hydroxylation sites is 2. The number of hydrogen-bond acceptors (Lipinski definition) is 5. The van der Waals surface area contributed by atoms with Crippen LogP contribution in [0.15, 0.2) is 42.5 Å². The number of likely N-dealkylation sites (tertiary alicyclic amines) is 1. The highest BCUT2D eigenvalue weighted by molar-refractivity contribution is 5.93. The molecule has 6 nitrogen and oxygen atoms in total. The summed E-state index contributed by atoms with van der Waals surface area (Å²) in [6.45, 7) is 3.68. The van der Waals surface area contributed by atoms with Crippen molar-refractivity contribution in [1.29, 1.82) is 0 Å². The molecule has 6 heteroatoms. The number of anilines is 1. The van der Waals surface area contributed by atoms with Crippen LogP contribution in [0.2, 0.25) is 0 Å². The highest BCUT2D eigenvalue weighted by atomic mass is 16.5. The molecule has 0 spiro atoms. The Morgan fingerprint density at radius 1 is 1.14 bits per heavy atom. The van der Waals surface area contributed by atoms with Crippen LogP contribution in [-0.4, -0.2) is 44.7 Å². The fourth-order valence-electron chi connectivity index (χ4n) is 3.69. The predicted molar refractivity (Wildman–Crippen MR) is 109 cm³/mol. The molecule has 0 aliphatic carbocycles. The van der Waals surface area contributed by atoms with Crippen molar-refractivity contribution < 1.29 is 19.0 Å². The van der Waals surface area contributed by atoms with Crippen molar-refractivity contribution in [2.24, 2.45) is 0 Å². The van der Waals surface area contributed by atoms with Crippen molar-refractivity contribution >= 4 is 11.6 Å². The minimum Gasteiger partial charge on any atom is -0.497 e. The van der Waals surface area contributed by atoms with Crippen LogP contribution in [0.1, 0.15) is 31.4 Å². The first kappa shape index (κ1) is 20.0. The van der Waals surface area contributed by atoms with E-state index in [-0.39, 0.29) is 11.9 Å². The van der Waals surface area contributed by atoms with E-state index >= 15 is 0 Å². The summed E-state index contributed by atoms with van der Waals surface area (Å²) in [5.74, 6) is 2.19. The Morgan fingerprint density at radius 3 is 2.71 bits per heavy atom. The molecule has 1 fully saturated rings. The predicted octanol–water partition coefficient (Wildman–Crippen LogP) is 3.88. The Kier molecular flexibility index (Phi) is 6.76. The highest BCUT2D eigenvalue weighted by Gasteiger charge is 2.30. The van der Waals surface area contributed by atoms with Gasteiger partial charge in [-0.05, 0) is 44.5 Å². The second-order valence-corrected chi connectivity index (χ2v) is 6.71. The molecule has 1 heterocycles. The van der Waals surface area contributed by atoms with Gasteiger partial charge in [0.25, 0.3) is 0 Å². The van der Waals surface area contributed by atoms with Gasteiger partial charge in [-0.15, -0.1) is 0 Å². The fourth-order valence-corrected chi connectivity index (χ4v) is 3.69. The van der Waals surface area contributed by atoms with E-state index in [2.05, 4.69) is 10.2 Å². The van der Waals surface area contributed by atoms with Gasteiger partial charge in [-0.25, -0.2) is 0 Å². The summed E-state index contributed by atoms with van der Waals surface area (Å²) < 4.78 is 16.5. The fraction of sp³-hybridized carbons (Fsp3) is 0.409. The molecular weight excluding hydrogens is 356 g/mol. The molecule has 0 bridgehead atoms. The Bertz CT molecular complexity index is 809. The third-order valence-electron chi connectivity index (χ3n) is 4.97. The second-order valence-electron chi connectivity index (χ2n) is 6.71. The maximum atomic E-state index is 12.7. The van der Waals surface area contributed by atoms with Crippen LogP contribution in [0.5, 0.6) is 17.2 Å². The van der Waals surface area contributed by atoms with Crippen molar-refractivity contribution in [2.75, 3.05) is 39.2 Å². The molecule has 1 aliphatic rings. The zero-order chi connectivity index (χ0) is 19.9. The normalized spacial score (nSPS) is 16.6. The first-order valence-corrected chi connectivity index (χ1v) is 9.64. The maximum absolute atomic E-state index is 12.7. The van der Waals surface area contributed by atoms with Crippen LogP contribution >= 0.6 is 0 Å². The lowest BCUT2D eigenvalue weighted by Gasteiger charge is -2.26. The smallest absolute Gasteiger partial charge is 0.238 e. The van der Waals surface area contributed by atoms with E-state index in [9.17, 15) is 4.79 Å². The second kappa shape index (κ2) is 9.46. The Morgan fingerprint density at radius 2 is 1.96 bits per heavy atom. The average molecular weight is 384 g/mol. The molecule has 28 heavy (non-hydrogen) atoms. The molecule has 0 radical (unpaired) electrons. The van der Waals surface area contributed by atoms with Gasteiger partial charge >= 0.3 is 0 Å². The Labute approximate surface area is 166 Å².